The van der Waals surface area contributed by atoms with E-state index in [0.29, 0.717) is 36.8 Å². The van der Waals surface area contributed by atoms with E-state index < -0.39 is 0 Å². The minimum Gasteiger partial charge on any atom is -0.446 e. The fourth-order valence-electron chi connectivity index (χ4n) is 4.71. The second kappa shape index (κ2) is 9.29. The SMILES string of the molecule is CCn1c(-c2cnc(C)nc2)nc2c(N[C@H]3CCN(C(=O)OC4CCCCC4)C3)ncnc21. The number of fused-ring (bicyclic) bond motifs is 1. The van der Waals surface area contributed by atoms with Crippen molar-refractivity contribution in [2.45, 2.75) is 71.1 Å². The highest BCUT2D eigenvalue weighted by Crippen LogP contribution is 2.28. The topological polar surface area (TPSA) is 111 Å². The van der Waals surface area contributed by atoms with E-state index in [1.54, 1.807) is 23.6 Å². The van der Waals surface area contributed by atoms with Crippen molar-refractivity contribution in [3.63, 3.8) is 0 Å². The predicted molar refractivity (Wildman–Crippen MR) is 124 cm³/mol. The maximum Gasteiger partial charge on any atom is 0.410 e. The van der Waals surface area contributed by atoms with Crippen LogP contribution in [0.25, 0.3) is 22.6 Å². The van der Waals surface area contributed by atoms with Crippen molar-refractivity contribution in [3.8, 4) is 11.4 Å². The molecule has 0 bridgehead atoms. The van der Waals surface area contributed by atoms with Gasteiger partial charge in [-0.2, -0.15) is 0 Å². The van der Waals surface area contributed by atoms with Crippen LogP contribution in [0, 0.1) is 6.92 Å². The third-order valence-corrected chi connectivity index (χ3v) is 6.49. The Labute approximate surface area is 192 Å². The molecule has 0 aromatic carbocycles. The summed E-state index contributed by atoms with van der Waals surface area (Å²) in [6, 6.07) is 0.0833. The molecule has 33 heavy (non-hydrogen) atoms. The van der Waals surface area contributed by atoms with Gasteiger partial charge in [-0.05, 0) is 46.0 Å². The number of nitrogens with one attached hydrogen (secondary N) is 1. The number of nitrogens with zero attached hydrogens (tertiary/aromatic N) is 7. The maximum atomic E-state index is 12.6. The average Bonchev–Trinajstić information content (AvgIpc) is 3.45. The van der Waals surface area contributed by atoms with E-state index in [2.05, 4.69) is 32.2 Å². The van der Waals surface area contributed by atoms with Gasteiger partial charge in [0.25, 0.3) is 0 Å². The number of carbonyl (C=O) groups is 1. The molecule has 5 rings (SSSR count). The summed E-state index contributed by atoms with van der Waals surface area (Å²) in [4.78, 5) is 36.8. The smallest absolute Gasteiger partial charge is 0.410 e. The zero-order valence-electron chi connectivity index (χ0n) is 19.2. The van der Waals surface area contributed by atoms with E-state index >= 15 is 0 Å². The van der Waals surface area contributed by atoms with Gasteiger partial charge in [-0.25, -0.2) is 29.7 Å². The summed E-state index contributed by atoms with van der Waals surface area (Å²) in [5, 5.41) is 3.49. The molecule has 1 amide bonds. The van der Waals surface area contributed by atoms with Crippen molar-refractivity contribution in [1.82, 2.24) is 34.4 Å². The molecule has 4 heterocycles. The lowest BCUT2D eigenvalue weighted by Gasteiger charge is -2.25. The summed E-state index contributed by atoms with van der Waals surface area (Å²) in [5.41, 5.74) is 2.30. The predicted octanol–water partition coefficient (Wildman–Crippen LogP) is 3.57. The maximum absolute atomic E-state index is 12.6. The molecule has 2 fully saturated rings. The molecule has 3 aromatic rings. The fourth-order valence-corrected chi connectivity index (χ4v) is 4.71. The number of aromatic nitrogens is 6. The van der Waals surface area contributed by atoms with Gasteiger partial charge in [0.15, 0.2) is 17.0 Å². The molecule has 10 nitrogen and oxygen atoms in total. The number of rotatable bonds is 5. The summed E-state index contributed by atoms with van der Waals surface area (Å²) in [6.45, 7) is 5.88. The van der Waals surface area contributed by atoms with Crippen molar-refractivity contribution < 1.29 is 9.53 Å². The van der Waals surface area contributed by atoms with E-state index in [0.717, 1.165) is 49.1 Å². The molecule has 1 aliphatic heterocycles. The van der Waals surface area contributed by atoms with Crippen LogP contribution < -0.4 is 5.32 Å². The highest BCUT2D eigenvalue weighted by molar-refractivity contribution is 5.86. The number of anilines is 1. The number of imidazole rings is 1. The van der Waals surface area contributed by atoms with Gasteiger partial charge in [0.2, 0.25) is 0 Å². The first-order valence-corrected chi connectivity index (χ1v) is 11.8. The van der Waals surface area contributed by atoms with Gasteiger partial charge in [0.05, 0.1) is 5.56 Å². The Kier molecular flexibility index (Phi) is 6.06. The van der Waals surface area contributed by atoms with E-state index in [1.807, 2.05) is 11.5 Å². The average molecular weight is 451 g/mol. The molecular formula is C23H30N8O2. The van der Waals surface area contributed by atoms with Gasteiger partial charge in [0.1, 0.15) is 24.1 Å². The number of ether oxygens (including phenoxy) is 1. The largest absolute Gasteiger partial charge is 0.446 e. The van der Waals surface area contributed by atoms with E-state index in [1.165, 1.54) is 6.42 Å². The number of hydrogen-bond donors (Lipinski definition) is 1. The highest BCUT2D eigenvalue weighted by Gasteiger charge is 2.30. The summed E-state index contributed by atoms with van der Waals surface area (Å²) < 4.78 is 7.78. The molecule has 1 saturated carbocycles. The van der Waals surface area contributed by atoms with Gasteiger partial charge in [-0.15, -0.1) is 0 Å². The number of carbonyl (C=O) groups excluding carboxylic acids is 1. The van der Waals surface area contributed by atoms with E-state index in [-0.39, 0.29) is 18.2 Å². The second-order valence-corrected chi connectivity index (χ2v) is 8.81. The molecule has 3 aromatic heterocycles. The molecule has 1 atom stereocenters. The van der Waals surface area contributed by atoms with Crippen molar-refractivity contribution in [3.05, 3.63) is 24.5 Å². The Bertz CT molecular complexity index is 1120. The minimum atomic E-state index is -0.198. The van der Waals surface area contributed by atoms with Crippen LogP contribution in [-0.2, 0) is 11.3 Å². The molecule has 1 saturated heterocycles. The first kappa shape index (κ1) is 21.5. The Morgan fingerprint density at radius 2 is 1.91 bits per heavy atom. The number of hydrogen-bond acceptors (Lipinski definition) is 8. The lowest BCUT2D eigenvalue weighted by Crippen LogP contribution is -2.35. The zero-order chi connectivity index (χ0) is 22.8. The summed E-state index contributed by atoms with van der Waals surface area (Å²) in [7, 11) is 0. The van der Waals surface area contributed by atoms with Gasteiger partial charge in [-0.3, -0.25) is 0 Å². The van der Waals surface area contributed by atoms with Crippen LogP contribution in [0.3, 0.4) is 0 Å². The third kappa shape index (κ3) is 4.46. The van der Waals surface area contributed by atoms with Gasteiger partial charge >= 0.3 is 6.09 Å². The first-order valence-electron chi connectivity index (χ1n) is 11.8. The van der Waals surface area contributed by atoms with Crippen molar-refractivity contribution in [2.24, 2.45) is 0 Å². The van der Waals surface area contributed by atoms with Crippen LogP contribution in [-0.4, -0.2) is 65.7 Å². The highest BCUT2D eigenvalue weighted by atomic mass is 16.6. The van der Waals surface area contributed by atoms with Crippen LogP contribution in [0.1, 0.15) is 51.3 Å². The first-order chi connectivity index (χ1) is 16.1. The van der Waals surface area contributed by atoms with Gasteiger partial charge in [0, 0.05) is 38.1 Å². The van der Waals surface area contributed by atoms with Gasteiger partial charge < -0.3 is 19.5 Å². The lowest BCUT2D eigenvalue weighted by molar-refractivity contribution is 0.0507. The standard InChI is InChI=1S/C23H30N8O2/c1-3-31-21(16-11-24-15(2)25-12-16)29-19-20(26-14-27-22(19)31)28-17-9-10-30(13-17)23(32)33-18-7-5-4-6-8-18/h11-12,14,17-18H,3-10,13H2,1-2H3,(H,26,27,28)/t17-/m0/s1. The Balaban J connectivity index is 1.32. The van der Waals surface area contributed by atoms with Crippen molar-refractivity contribution >= 4 is 23.1 Å². The molecule has 1 aliphatic carbocycles. The summed E-state index contributed by atoms with van der Waals surface area (Å²) in [6.07, 6.45) is 11.3. The fraction of sp³-hybridized carbons (Fsp3) is 0.565. The molecule has 174 valence electrons. The van der Waals surface area contributed by atoms with E-state index in [4.69, 9.17) is 9.72 Å². The minimum absolute atomic E-state index is 0.0712. The normalized spacial score (nSPS) is 19.2. The van der Waals surface area contributed by atoms with Crippen LogP contribution >= 0.6 is 0 Å². The molecular weight excluding hydrogens is 420 g/mol. The van der Waals surface area contributed by atoms with Gasteiger partial charge in [-0.1, -0.05) is 6.42 Å². The zero-order valence-corrected chi connectivity index (χ0v) is 19.2. The molecule has 1 N–H and O–H groups in total. The Morgan fingerprint density at radius 1 is 1.12 bits per heavy atom. The van der Waals surface area contributed by atoms with Crippen molar-refractivity contribution in [1.29, 1.82) is 0 Å². The van der Waals surface area contributed by atoms with Crippen LogP contribution in [0.5, 0.6) is 0 Å². The second-order valence-electron chi connectivity index (χ2n) is 8.81. The molecule has 0 radical (unpaired) electrons. The number of likely N-dealkylation sites (tertiary alicyclic amines) is 1. The molecule has 2 aliphatic rings. The van der Waals surface area contributed by atoms with Crippen LogP contribution in [0.4, 0.5) is 10.6 Å². The lowest BCUT2D eigenvalue weighted by atomic mass is 9.98. The van der Waals surface area contributed by atoms with Crippen molar-refractivity contribution in [2.75, 3.05) is 18.4 Å². The summed E-state index contributed by atoms with van der Waals surface area (Å²) in [5.74, 6) is 2.15. The molecule has 0 unspecified atom stereocenters. The molecule has 10 heteroatoms. The Morgan fingerprint density at radius 3 is 2.67 bits per heavy atom. The monoisotopic (exact) mass is 450 g/mol. The number of amides is 1. The summed E-state index contributed by atoms with van der Waals surface area (Å²) >= 11 is 0. The number of aryl methyl sites for hydroxylation is 2. The van der Waals surface area contributed by atoms with Crippen LogP contribution in [0.2, 0.25) is 0 Å². The molecule has 0 spiro atoms. The Hall–Kier alpha value is -3.30. The van der Waals surface area contributed by atoms with Crippen LogP contribution in [0.15, 0.2) is 18.7 Å². The van der Waals surface area contributed by atoms with E-state index in [9.17, 15) is 4.79 Å². The quantitative estimate of drug-likeness (QED) is 0.628. The third-order valence-electron chi connectivity index (χ3n) is 6.49.